The van der Waals surface area contributed by atoms with Crippen molar-refractivity contribution in [3.63, 3.8) is 0 Å². The predicted octanol–water partition coefficient (Wildman–Crippen LogP) is 2.55. The Kier molecular flexibility index (Phi) is 5.86. The van der Waals surface area contributed by atoms with Crippen molar-refractivity contribution >= 4 is 21.8 Å². The summed E-state index contributed by atoms with van der Waals surface area (Å²) < 4.78 is 8.30. The maximum absolute atomic E-state index is 6.00. The summed E-state index contributed by atoms with van der Waals surface area (Å²) in [5.74, 6) is 0.878. The van der Waals surface area contributed by atoms with Gasteiger partial charge in [0.1, 0.15) is 17.9 Å². The molecule has 0 unspecified atom stereocenters. The molecule has 0 saturated carbocycles. The number of hydrogen-bond donors (Lipinski definition) is 1. The van der Waals surface area contributed by atoms with Crippen LogP contribution < -0.4 is 26.3 Å². The van der Waals surface area contributed by atoms with Crippen molar-refractivity contribution in [3.05, 3.63) is 108 Å². The first kappa shape index (κ1) is 20.2. The summed E-state index contributed by atoms with van der Waals surface area (Å²) in [5.41, 5.74) is 5.98. The molecule has 4 heteroatoms. The number of benzene rings is 3. The Morgan fingerprint density at radius 1 is 0.800 bits per heavy atom. The molecule has 5 aromatic rings. The van der Waals surface area contributed by atoms with Crippen molar-refractivity contribution in [3.8, 4) is 5.75 Å². The predicted molar refractivity (Wildman–Crippen MR) is 117 cm³/mol. The molecule has 150 valence electrons. The van der Waals surface area contributed by atoms with E-state index in [0.29, 0.717) is 6.61 Å². The van der Waals surface area contributed by atoms with Crippen LogP contribution in [0.15, 0.2) is 91.1 Å². The number of aromatic nitrogens is 2. The molecule has 5 rings (SSSR count). The van der Waals surface area contributed by atoms with Crippen molar-refractivity contribution in [2.24, 2.45) is 0 Å². The number of pyridine rings is 1. The van der Waals surface area contributed by atoms with Gasteiger partial charge in [-0.3, -0.25) is 0 Å². The van der Waals surface area contributed by atoms with Gasteiger partial charge in [0.2, 0.25) is 5.69 Å². The second-order valence-electron chi connectivity index (χ2n) is 7.41. The molecule has 0 fully saturated rings. The van der Waals surface area contributed by atoms with Gasteiger partial charge in [0.05, 0.1) is 5.52 Å². The van der Waals surface area contributed by atoms with Crippen molar-refractivity contribution in [1.29, 1.82) is 0 Å². The maximum atomic E-state index is 6.00. The molecule has 0 atom stereocenters. The SMILES string of the molecule is Cc1c2[nH]c3cc(OCc4ccccc4)ccc3c2cc[n+]1Cc1ccccc1.[Br-]. The fourth-order valence-electron chi connectivity index (χ4n) is 3.86. The van der Waals surface area contributed by atoms with Gasteiger partial charge in [-0.15, -0.1) is 0 Å². The van der Waals surface area contributed by atoms with E-state index in [0.717, 1.165) is 17.8 Å². The van der Waals surface area contributed by atoms with Crippen LogP contribution in [0.4, 0.5) is 0 Å². The van der Waals surface area contributed by atoms with E-state index in [1.165, 1.54) is 33.1 Å². The number of halogens is 1. The van der Waals surface area contributed by atoms with Crippen LogP contribution in [-0.4, -0.2) is 4.98 Å². The van der Waals surface area contributed by atoms with E-state index >= 15 is 0 Å². The second kappa shape index (κ2) is 8.72. The first-order chi connectivity index (χ1) is 14.3. The third-order valence-corrected chi connectivity index (χ3v) is 5.47. The second-order valence-corrected chi connectivity index (χ2v) is 7.41. The van der Waals surface area contributed by atoms with Gasteiger partial charge in [-0.05, 0) is 17.7 Å². The Morgan fingerprint density at radius 2 is 1.50 bits per heavy atom. The lowest BCUT2D eigenvalue weighted by Gasteiger charge is -2.06. The average molecular weight is 459 g/mol. The van der Waals surface area contributed by atoms with Crippen LogP contribution in [0.25, 0.3) is 21.8 Å². The normalized spacial score (nSPS) is 10.8. The molecule has 0 bridgehead atoms. The molecule has 0 aliphatic rings. The van der Waals surface area contributed by atoms with E-state index in [1.54, 1.807) is 0 Å². The zero-order valence-corrected chi connectivity index (χ0v) is 18.4. The van der Waals surface area contributed by atoms with Gasteiger partial charge in [0.15, 0.2) is 12.7 Å². The third-order valence-electron chi connectivity index (χ3n) is 5.47. The number of fused-ring (bicyclic) bond motifs is 3. The molecule has 0 radical (unpaired) electrons. The van der Waals surface area contributed by atoms with E-state index in [9.17, 15) is 0 Å². The summed E-state index contributed by atoms with van der Waals surface area (Å²) in [6, 6.07) is 29.3. The Bertz CT molecular complexity index is 1280. The average Bonchev–Trinajstić information content (AvgIpc) is 3.14. The van der Waals surface area contributed by atoms with Gasteiger partial charge in [-0.1, -0.05) is 60.7 Å². The minimum atomic E-state index is 0. The zero-order chi connectivity index (χ0) is 19.6. The summed E-state index contributed by atoms with van der Waals surface area (Å²) >= 11 is 0. The minimum Gasteiger partial charge on any atom is -1.00 e. The van der Waals surface area contributed by atoms with Crippen molar-refractivity contribution < 1.29 is 26.3 Å². The number of aryl methyl sites for hydroxylation is 1. The van der Waals surface area contributed by atoms with Crippen LogP contribution in [0.1, 0.15) is 16.8 Å². The zero-order valence-electron chi connectivity index (χ0n) is 16.8. The van der Waals surface area contributed by atoms with E-state index in [1.807, 2.05) is 18.2 Å². The molecule has 0 saturated heterocycles. The molecule has 0 aliphatic heterocycles. The molecule has 1 N–H and O–H groups in total. The highest BCUT2D eigenvalue weighted by atomic mass is 79.9. The Labute approximate surface area is 186 Å². The number of nitrogens with zero attached hydrogens (tertiary/aromatic N) is 1. The van der Waals surface area contributed by atoms with Crippen LogP contribution in [0.5, 0.6) is 5.75 Å². The smallest absolute Gasteiger partial charge is 0.202 e. The summed E-state index contributed by atoms with van der Waals surface area (Å²) in [6.07, 6.45) is 2.18. The number of rotatable bonds is 5. The molecular formula is C26H23BrN2O. The van der Waals surface area contributed by atoms with Gasteiger partial charge in [0, 0.05) is 35.4 Å². The van der Waals surface area contributed by atoms with Crippen molar-refractivity contribution in [2.45, 2.75) is 20.1 Å². The lowest BCUT2D eigenvalue weighted by Crippen LogP contribution is -3.00. The standard InChI is InChI=1S/C26H22N2O.BrH/c1-19-26-24(14-15-28(19)17-20-8-4-2-5-9-20)23-13-12-22(16-25(23)27-26)29-18-21-10-6-3-7-11-21;/h2-16H,17-18H2,1H3;1H. The lowest BCUT2D eigenvalue weighted by molar-refractivity contribution is -0.693. The maximum Gasteiger partial charge on any atom is 0.202 e. The van der Waals surface area contributed by atoms with Crippen molar-refractivity contribution in [2.75, 3.05) is 0 Å². The molecule has 3 nitrogen and oxygen atoms in total. The highest BCUT2D eigenvalue weighted by Crippen LogP contribution is 2.29. The number of aromatic amines is 1. The monoisotopic (exact) mass is 458 g/mol. The topological polar surface area (TPSA) is 28.9 Å². The van der Waals surface area contributed by atoms with Crippen LogP contribution in [-0.2, 0) is 13.2 Å². The molecule has 30 heavy (non-hydrogen) atoms. The Hall–Kier alpha value is -3.11. The summed E-state index contributed by atoms with van der Waals surface area (Å²) in [4.78, 5) is 3.61. The highest BCUT2D eigenvalue weighted by Gasteiger charge is 2.15. The fourth-order valence-corrected chi connectivity index (χ4v) is 3.86. The summed E-state index contributed by atoms with van der Waals surface area (Å²) in [6.45, 7) is 3.61. The van der Waals surface area contributed by atoms with Gasteiger partial charge < -0.3 is 26.7 Å². The minimum absolute atomic E-state index is 0. The summed E-state index contributed by atoms with van der Waals surface area (Å²) in [5, 5.41) is 2.47. The third kappa shape index (κ3) is 3.96. The van der Waals surface area contributed by atoms with Gasteiger partial charge in [0.25, 0.3) is 0 Å². The lowest BCUT2D eigenvalue weighted by atomic mass is 10.1. The first-order valence-corrected chi connectivity index (χ1v) is 9.93. The number of hydrogen-bond acceptors (Lipinski definition) is 1. The number of H-pyrrole nitrogens is 1. The number of ether oxygens (including phenoxy) is 1. The molecule has 0 aliphatic carbocycles. The largest absolute Gasteiger partial charge is 1.00 e. The van der Waals surface area contributed by atoms with Gasteiger partial charge in [-0.2, -0.15) is 4.57 Å². The Balaban J connectivity index is 0.00000218. The quantitative estimate of drug-likeness (QED) is 0.403. The van der Waals surface area contributed by atoms with Gasteiger partial charge in [-0.25, -0.2) is 0 Å². The fraction of sp³-hybridized carbons (Fsp3) is 0.115. The first-order valence-electron chi connectivity index (χ1n) is 9.93. The highest BCUT2D eigenvalue weighted by molar-refractivity contribution is 6.07. The molecule has 2 heterocycles. The summed E-state index contributed by atoms with van der Waals surface area (Å²) in [7, 11) is 0. The van der Waals surface area contributed by atoms with Crippen molar-refractivity contribution in [1.82, 2.24) is 4.98 Å². The van der Waals surface area contributed by atoms with E-state index in [-0.39, 0.29) is 17.0 Å². The van der Waals surface area contributed by atoms with Crippen LogP contribution in [0.3, 0.4) is 0 Å². The molecular weight excluding hydrogens is 436 g/mol. The molecule has 3 aromatic carbocycles. The number of nitrogens with one attached hydrogen (secondary N) is 1. The van der Waals surface area contributed by atoms with E-state index in [4.69, 9.17) is 4.74 Å². The Morgan fingerprint density at radius 3 is 2.23 bits per heavy atom. The van der Waals surface area contributed by atoms with E-state index < -0.39 is 0 Å². The van der Waals surface area contributed by atoms with Crippen LogP contribution in [0, 0.1) is 6.92 Å². The molecule has 0 amide bonds. The van der Waals surface area contributed by atoms with Crippen LogP contribution >= 0.6 is 0 Å². The van der Waals surface area contributed by atoms with E-state index in [2.05, 4.69) is 89.4 Å². The van der Waals surface area contributed by atoms with Crippen LogP contribution in [0.2, 0.25) is 0 Å². The van der Waals surface area contributed by atoms with Gasteiger partial charge >= 0.3 is 0 Å². The molecule has 2 aromatic heterocycles. The molecule has 0 spiro atoms.